The number of benzene rings is 3. The van der Waals surface area contributed by atoms with Gasteiger partial charge in [0.05, 0.1) is 30.6 Å². The van der Waals surface area contributed by atoms with E-state index in [2.05, 4.69) is 30.4 Å². The van der Waals surface area contributed by atoms with Gasteiger partial charge in [0.2, 0.25) is 6.79 Å². The van der Waals surface area contributed by atoms with Gasteiger partial charge < -0.3 is 33.7 Å². The number of amidine groups is 1. The van der Waals surface area contributed by atoms with E-state index in [0.717, 1.165) is 0 Å². The summed E-state index contributed by atoms with van der Waals surface area (Å²) < 4.78 is 51.1. The smallest absolute Gasteiger partial charge is 0.338 e. The van der Waals surface area contributed by atoms with Crippen LogP contribution in [0.4, 0.5) is 4.39 Å². The standard InChI is InChI=1S/C44H43FN8O9/c1-44(2,26-57-3)41(56)61-27-62-43-51-38(52-53(43)42-48-17-8-18-49-42)34(23-28-11-13-29(14-12-28)37(46)50-39(54)30-9-6-5-7-10-30)33-24-32(58-4)25-35(36(33)45)59-21-22-60-40(55)31-15-19-47-20-16-31/h5-20,24-25,34H,21-23,26-27H2,1-4H3,(H2,46,50,54). The molecule has 3 heterocycles. The van der Waals surface area contributed by atoms with E-state index in [1.807, 2.05) is 0 Å². The Morgan fingerprint density at radius 2 is 1.56 bits per heavy atom. The fourth-order valence-electron chi connectivity index (χ4n) is 5.99. The first-order valence-corrected chi connectivity index (χ1v) is 19.1. The van der Waals surface area contributed by atoms with Crippen molar-refractivity contribution in [2.24, 2.45) is 5.41 Å². The number of carbonyl (C=O) groups excluding carboxylic acids is 3. The van der Waals surface area contributed by atoms with Gasteiger partial charge in [0.1, 0.15) is 24.8 Å². The zero-order chi connectivity index (χ0) is 44.1. The molecular formula is C44H43FN8O9. The number of methoxy groups -OCH3 is 2. The molecule has 0 fully saturated rings. The number of hydrogen-bond acceptors (Lipinski definition) is 15. The number of rotatable bonds is 19. The van der Waals surface area contributed by atoms with E-state index in [4.69, 9.17) is 33.8 Å². The third-order valence-electron chi connectivity index (χ3n) is 9.18. The second kappa shape index (κ2) is 20.6. The topological polar surface area (TPSA) is 212 Å². The minimum Gasteiger partial charge on any atom is -0.497 e. The number of halogens is 1. The van der Waals surface area contributed by atoms with Gasteiger partial charge in [-0.05, 0) is 62.2 Å². The fourth-order valence-corrected chi connectivity index (χ4v) is 5.99. The summed E-state index contributed by atoms with van der Waals surface area (Å²) >= 11 is 0. The molecule has 0 radical (unpaired) electrons. The van der Waals surface area contributed by atoms with Crippen LogP contribution in [-0.2, 0) is 25.4 Å². The lowest BCUT2D eigenvalue weighted by Gasteiger charge is -2.21. The predicted molar refractivity (Wildman–Crippen MR) is 220 cm³/mol. The normalized spacial score (nSPS) is 11.6. The summed E-state index contributed by atoms with van der Waals surface area (Å²) in [6.07, 6.45) is 5.97. The first-order valence-electron chi connectivity index (χ1n) is 19.1. The van der Waals surface area contributed by atoms with Crippen LogP contribution in [0.3, 0.4) is 0 Å². The number of carbonyl (C=O) groups is 3. The van der Waals surface area contributed by atoms with Crippen molar-refractivity contribution in [3.05, 3.63) is 149 Å². The average molecular weight is 847 g/mol. The molecule has 0 aliphatic heterocycles. The number of nitrogens with zero attached hydrogens (tertiary/aromatic N) is 6. The highest BCUT2D eigenvalue weighted by Crippen LogP contribution is 2.37. The summed E-state index contributed by atoms with van der Waals surface area (Å²) in [6, 6.07) is 22.6. The fraction of sp³-hybridized carbons (Fsp3) is 0.250. The highest BCUT2D eigenvalue weighted by Gasteiger charge is 2.31. The number of ether oxygens (including phenoxy) is 6. The number of esters is 2. The summed E-state index contributed by atoms with van der Waals surface area (Å²) in [6.45, 7) is 2.47. The monoisotopic (exact) mass is 846 g/mol. The minimum atomic E-state index is -0.976. The SMILES string of the molecule is COCC(C)(C)C(=O)OCOc1nc(C(Cc2ccc(C(=N)NC(=O)c3ccccc3)cc2)c2cc(OC)cc(OCCOC(=O)c3ccncc3)c2F)nn1-c1ncccn1. The molecule has 6 aromatic rings. The molecule has 17 nitrogen and oxygen atoms in total. The highest BCUT2D eigenvalue weighted by molar-refractivity contribution is 6.11. The Morgan fingerprint density at radius 3 is 2.26 bits per heavy atom. The largest absolute Gasteiger partial charge is 0.497 e. The van der Waals surface area contributed by atoms with Gasteiger partial charge in [0.25, 0.3) is 11.9 Å². The molecule has 3 aromatic carbocycles. The number of hydrogen-bond donors (Lipinski definition) is 2. The van der Waals surface area contributed by atoms with Crippen LogP contribution in [0.15, 0.2) is 110 Å². The predicted octanol–water partition coefficient (Wildman–Crippen LogP) is 5.52. The zero-order valence-corrected chi connectivity index (χ0v) is 34.2. The molecule has 320 valence electrons. The van der Waals surface area contributed by atoms with Crippen LogP contribution in [0.1, 0.15) is 63.0 Å². The van der Waals surface area contributed by atoms with Gasteiger partial charge in [-0.1, -0.05) is 42.5 Å². The molecule has 0 bridgehead atoms. The van der Waals surface area contributed by atoms with Crippen LogP contribution in [-0.4, -0.2) is 94.2 Å². The van der Waals surface area contributed by atoms with Crippen LogP contribution in [0.25, 0.3) is 5.95 Å². The molecule has 0 spiro atoms. The van der Waals surface area contributed by atoms with E-state index in [-0.39, 0.29) is 66.9 Å². The van der Waals surface area contributed by atoms with Gasteiger partial charge in [-0.2, -0.15) is 4.98 Å². The van der Waals surface area contributed by atoms with Crippen molar-refractivity contribution in [1.29, 1.82) is 5.41 Å². The van der Waals surface area contributed by atoms with E-state index in [9.17, 15) is 14.4 Å². The van der Waals surface area contributed by atoms with Crippen molar-refractivity contribution < 1.29 is 47.2 Å². The summed E-state index contributed by atoms with van der Waals surface area (Å²) in [5.74, 6) is -3.35. The molecule has 1 amide bonds. The highest BCUT2D eigenvalue weighted by atomic mass is 19.1. The van der Waals surface area contributed by atoms with Crippen molar-refractivity contribution in [2.75, 3.05) is 40.8 Å². The second-order valence-corrected chi connectivity index (χ2v) is 14.1. The van der Waals surface area contributed by atoms with Crippen molar-refractivity contribution in [3.63, 3.8) is 0 Å². The average Bonchev–Trinajstić information content (AvgIpc) is 3.72. The summed E-state index contributed by atoms with van der Waals surface area (Å²) in [7, 11) is 2.89. The third kappa shape index (κ3) is 11.2. The molecular weight excluding hydrogens is 804 g/mol. The van der Waals surface area contributed by atoms with E-state index in [1.165, 1.54) is 68.0 Å². The van der Waals surface area contributed by atoms with Crippen LogP contribution in [0.5, 0.6) is 17.5 Å². The maximum atomic E-state index is 16.9. The van der Waals surface area contributed by atoms with E-state index < -0.39 is 41.8 Å². The molecule has 0 aliphatic rings. The maximum Gasteiger partial charge on any atom is 0.338 e. The Balaban J connectivity index is 1.32. The van der Waals surface area contributed by atoms with Crippen molar-refractivity contribution in [1.82, 2.24) is 35.0 Å². The molecule has 1 unspecified atom stereocenters. The molecule has 18 heteroatoms. The van der Waals surface area contributed by atoms with Gasteiger partial charge in [0.15, 0.2) is 17.4 Å². The second-order valence-electron chi connectivity index (χ2n) is 14.1. The molecule has 62 heavy (non-hydrogen) atoms. The number of pyridine rings is 1. The van der Waals surface area contributed by atoms with Gasteiger partial charge in [0, 0.05) is 54.7 Å². The molecule has 3 aromatic heterocycles. The lowest BCUT2D eigenvalue weighted by molar-refractivity contribution is -0.163. The number of aromatic nitrogens is 6. The lowest BCUT2D eigenvalue weighted by Crippen LogP contribution is -2.32. The molecule has 1 atom stereocenters. The lowest BCUT2D eigenvalue weighted by atomic mass is 9.90. The maximum absolute atomic E-state index is 16.9. The van der Waals surface area contributed by atoms with Crippen LogP contribution < -0.4 is 19.5 Å². The zero-order valence-electron chi connectivity index (χ0n) is 34.2. The summed E-state index contributed by atoms with van der Waals surface area (Å²) in [4.78, 5) is 55.2. The van der Waals surface area contributed by atoms with Gasteiger partial charge in [-0.3, -0.25) is 20.0 Å². The minimum absolute atomic E-state index is 0.0508. The first kappa shape index (κ1) is 44.0. The summed E-state index contributed by atoms with van der Waals surface area (Å²) in [5, 5.41) is 15.8. The van der Waals surface area contributed by atoms with Crippen molar-refractivity contribution in [3.8, 4) is 23.5 Å². The quantitative estimate of drug-likeness (QED) is 0.0338. The molecule has 0 saturated carbocycles. The molecule has 6 rings (SSSR count). The van der Waals surface area contributed by atoms with E-state index in [0.29, 0.717) is 22.3 Å². The van der Waals surface area contributed by atoms with E-state index >= 15 is 4.39 Å². The van der Waals surface area contributed by atoms with E-state index in [1.54, 1.807) is 74.5 Å². The van der Waals surface area contributed by atoms with Crippen LogP contribution >= 0.6 is 0 Å². The molecule has 0 aliphatic carbocycles. The number of nitrogens with one attached hydrogen (secondary N) is 2. The van der Waals surface area contributed by atoms with Gasteiger partial charge in [-0.25, -0.2) is 19.2 Å². The van der Waals surface area contributed by atoms with Crippen molar-refractivity contribution in [2.45, 2.75) is 26.2 Å². The summed E-state index contributed by atoms with van der Waals surface area (Å²) in [5.41, 5.74) is 0.865. The Kier molecular flexibility index (Phi) is 14.6. The van der Waals surface area contributed by atoms with Crippen LogP contribution in [0, 0.1) is 16.6 Å². The van der Waals surface area contributed by atoms with Gasteiger partial charge >= 0.3 is 17.9 Å². The Bertz CT molecular complexity index is 2470. The van der Waals surface area contributed by atoms with Crippen LogP contribution in [0.2, 0.25) is 0 Å². The Morgan fingerprint density at radius 1 is 0.839 bits per heavy atom. The number of amides is 1. The van der Waals surface area contributed by atoms with Crippen molar-refractivity contribution >= 4 is 23.7 Å². The molecule has 0 saturated heterocycles. The first-order chi connectivity index (χ1) is 30.0. The Labute approximate surface area is 355 Å². The van der Waals surface area contributed by atoms with Gasteiger partial charge in [-0.15, -0.1) is 9.78 Å². The Hall–Kier alpha value is -7.60. The third-order valence-corrected chi connectivity index (χ3v) is 9.18. The molecule has 2 N–H and O–H groups in total.